The molecule has 1 amide bonds. The fraction of sp³-hybridized carbons (Fsp3) is 0.385. The standard InChI is InChI=1S/C11H8F3N4O3S.2CH3.Sn/c1-5-17(7-3-2-6(4-16-7)18(20)21)9(11(12,13)14)8(22-5)10(15)19;;;/h2-3,5H,1H3,(H2,15,19);2*1H3;. The first-order valence-electron chi connectivity index (χ1n) is 6.98. The molecule has 12 heteroatoms. The number of amides is 1. The number of pyridine rings is 1. The number of primary amides is 1. The molecule has 0 saturated carbocycles. The van der Waals surface area contributed by atoms with Crippen molar-refractivity contribution in [2.24, 2.45) is 5.73 Å². The second-order valence-electron chi connectivity index (χ2n) is 5.42. The van der Waals surface area contributed by atoms with Crippen LogP contribution in [0.3, 0.4) is 0 Å². The van der Waals surface area contributed by atoms with E-state index in [1.807, 2.05) is 9.88 Å². The number of rotatable bonds is 4. The fourth-order valence-corrected chi connectivity index (χ4v) is 6.43. The average Bonchev–Trinajstić information content (AvgIpc) is 2.84. The molecule has 1 aromatic rings. The molecule has 2 heterocycles. The van der Waals surface area contributed by atoms with Crippen LogP contribution in [0, 0.1) is 10.1 Å². The molecule has 2 rings (SSSR count). The van der Waals surface area contributed by atoms with Gasteiger partial charge in [0.1, 0.15) is 0 Å². The van der Waals surface area contributed by atoms with E-state index in [2.05, 4.69) is 4.98 Å². The van der Waals surface area contributed by atoms with E-state index >= 15 is 0 Å². The number of alkyl halides is 3. The molecule has 0 aliphatic carbocycles. The Bertz CT molecular complexity index is 769. The molecule has 1 atom stereocenters. The van der Waals surface area contributed by atoms with E-state index in [9.17, 15) is 28.1 Å². The topological polar surface area (TPSA) is 102 Å². The van der Waals surface area contributed by atoms with Gasteiger partial charge in [-0.15, -0.1) is 0 Å². The van der Waals surface area contributed by atoms with Crippen LogP contribution < -0.4 is 14.3 Å². The summed E-state index contributed by atoms with van der Waals surface area (Å²) in [7, 11) is 0. The van der Waals surface area contributed by atoms with Gasteiger partial charge in [0, 0.05) is 0 Å². The van der Waals surface area contributed by atoms with Crippen LogP contribution in [-0.4, -0.2) is 47.1 Å². The number of aromatic nitrogens is 1. The van der Waals surface area contributed by atoms with E-state index in [4.69, 9.17) is 5.73 Å². The van der Waals surface area contributed by atoms with Crippen LogP contribution in [-0.2, 0) is 4.79 Å². The van der Waals surface area contributed by atoms with Gasteiger partial charge in [0.2, 0.25) is 0 Å². The zero-order valence-corrected chi connectivity index (χ0v) is 17.1. The number of carbonyl (C=O) groups is 1. The van der Waals surface area contributed by atoms with Crippen molar-refractivity contribution < 1.29 is 22.9 Å². The van der Waals surface area contributed by atoms with Gasteiger partial charge in [0.25, 0.3) is 0 Å². The van der Waals surface area contributed by atoms with Crippen molar-refractivity contribution in [3.05, 3.63) is 32.8 Å². The number of hydrogen-bond acceptors (Lipinski definition) is 6. The van der Waals surface area contributed by atoms with Gasteiger partial charge in [-0.2, -0.15) is 0 Å². The van der Waals surface area contributed by atoms with Gasteiger partial charge >= 0.3 is 152 Å². The molecule has 2 N–H and O–H groups in total. The summed E-state index contributed by atoms with van der Waals surface area (Å²) in [4.78, 5) is 30.1. The molecule has 1 aliphatic rings. The van der Waals surface area contributed by atoms with E-state index in [0.29, 0.717) is 11.8 Å². The van der Waals surface area contributed by atoms with Crippen LogP contribution in [0.4, 0.5) is 24.7 Å². The third kappa shape index (κ3) is 3.86. The average molecular weight is 482 g/mol. The van der Waals surface area contributed by atoms with E-state index in [-0.39, 0.29) is 15.2 Å². The van der Waals surface area contributed by atoms with Crippen LogP contribution in [0.15, 0.2) is 22.7 Å². The number of carbonyl (C=O) groups excluding carboxylic acids is 1. The Morgan fingerprint density at radius 3 is 2.48 bits per heavy atom. The van der Waals surface area contributed by atoms with Gasteiger partial charge in [0.15, 0.2) is 0 Å². The summed E-state index contributed by atoms with van der Waals surface area (Å²) in [6.07, 6.45) is -4.81. The summed E-state index contributed by atoms with van der Waals surface area (Å²) < 4.78 is 40.8. The van der Waals surface area contributed by atoms with Crippen molar-refractivity contribution in [3.8, 4) is 0 Å². The van der Waals surface area contributed by atoms with Crippen LogP contribution in [0.25, 0.3) is 0 Å². The van der Waals surface area contributed by atoms with Crippen molar-refractivity contribution in [1.29, 1.82) is 0 Å². The Hall–Kier alpha value is -1.50. The van der Waals surface area contributed by atoms with Gasteiger partial charge in [-0.3, -0.25) is 0 Å². The van der Waals surface area contributed by atoms with Crippen LogP contribution in [0.1, 0.15) is 6.92 Å². The molecule has 1 aliphatic heterocycles. The van der Waals surface area contributed by atoms with Crippen LogP contribution in [0.2, 0.25) is 9.88 Å². The molecule has 0 bridgehead atoms. The van der Waals surface area contributed by atoms with Crippen molar-refractivity contribution in [3.63, 3.8) is 0 Å². The third-order valence-corrected chi connectivity index (χ3v) is 8.31. The van der Waals surface area contributed by atoms with Gasteiger partial charge in [-0.1, -0.05) is 0 Å². The van der Waals surface area contributed by atoms with Gasteiger partial charge in [0.05, 0.1) is 0 Å². The molecular weight excluding hydrogens is 468 g/mol. The van der Waals surface area contributed by atoms with Crippen molar-refractivity contribution >= 4 is 52.6 Å². The number of nitrogens with two attached hydrogens (primary N) is 1. The summed E-state index contributed by atoms with van der Waals surface area (Å²) in [6.45, 7) is 1.48. The maximum atomic E-state index is 13.5. The second kappa shape index (κ2) is 7.02. The molecule has 1 unspecified atom stereocenters. The first-order chi connectivity index (χ1) is 11.4. The van der Waals surface area contributed by atoms with Gasteiger partial charge < -0.3 is 0 Å². The Balaban J connectivity index is 2.65. The molecule has 0 aromatic carbocycles. The Morgan fingerprint density at radius 2 is 2.04 bits per heavy atom. The molecule has 1 aromatic heterocycles. The minimum atomic E-state index is -4.81. The Labute approximate surface area is 152 Å². The summed E-state index contributed by atoms with van der Waals surface area (Å²) in [6, 6.07) is 2.33. The first kappa shape index (κ1) is 19.8. The molecule has 7 nitrogen and oxygen atoms in total. The number of nitro groups is 1. The maximum absolute atomic E-state index is 13.5. The number of nitrogens with zero attached hydrogens (tertiary/aromatic N) is 3. The van der Waals surface area contributed by atoms with Crippen molar-refractivity contribution in [2.75, 3.05) is 4.90 Å². The summed E-state index contributed by atoms with van der Waals surface area (Å²) in [5.74, 6) is -1.25. The van der Waals surface area contributed by atoms with E-state index in [1.165, 1.54) is 19.1 Å². The van der Waals surface area contributed by atoms with E-state index < -0.39 is 52.7 Å². The van der Waals surface area contributed by atoms with Crippen LogP contribution in [0.5, 0.6) is 0 Å². The Morgan fingerprint density at radius 1 is 1.44 bits per heavy atom. The zero-order valence-electron chi connectivity index (χ0n) is 13.4. The van der Waals surface area contributed by atoms with Gasteiger partial charge in [-0.05, 0) is 0 Å². The molecule has 1 radical (unpaired) electrons. The molecule has 0 fully saturated rings. The quantitative estimate of drug-likeness (QED) is 0.401. The van der Waals surface area contributed by atoms with Crippen LogP contribution >= 0.6 is 11.8 Å². The summed E-state index contributed by atoms with van der Waals surface area (Å²) >= 11 is -1.69. The second-order valence-corrected chi connectivity index (χ2v) is 13.8. The number of allylic oxidation sites excluding steroid dienone is 1. The molecule has 135 valence electrons. The fourth-order valence-electron chi connectivity index (χ4n) is 2.40. The number of hydrogen-bond donors (Lipinski definition) is 1. The number of anilines is 1. The monoisotopic (exact) mass is 483 g/mol. The SMILES string of the molecule is CC1SC(C(N)=O)=C(C(F)(F)F)N1c1ccc([N+](=O)[O-])[c]([Sn]([CH3])[CH3])n1. The Kier molecular flexibility index (Phi) is 5.56. The molecular formula is C13H14F3N4O3SSn. The van der Waals surface area contributed by atoms with E-state index in [0.717, 1.165) is 4.90 Å². The minimum absolute atomic E-state index is 0.0778. The summed E-state index contributed by atoms with van der Waals surface area (Å²) in [5, 5.41) is 10.3. The summed E-state index contributed by atoms with van der Waals surface area (Å²) in [5.41, 5.74) is 3.72. The first-order valence-corrected chi connectivity index (χ1v) is 15.0. The van der Waals surface area contributed by atoms with Crippen molar-refractivity contribution in [2.45, 2.75) is 28.4 Å². The molecule has 0 spiro atoms. The zero-order chi connectivity index (χ0) is 19.1. The predicted octanol–water partition coefficient (Wildman–Crippen LogP) is 2.11. The van der Waals surface area contributed by atoms with Crippen molar-refractivity contribution in [1.82, 2.24) is 4.98 Å². The molecule has 25 heavy (non-hydrogen) atoms. The number of halogens is 3. The van der Waals surface area contributed by atoms with Gasteiger partial charge in [-0.25, -0.2) is 0 Å². The molecule has 0 saturated heterocycles. The number of thioether (sulfide) groups is 1. The third-order valence-electron chi connectivity index (χ3n) is 3.38. The van der Waals surface area contributed by atoms with E-state index in [1.54, 1.807) is 0 Å². The predicted molar refractivity (Wildman–Crippen MR) is 89.8 cm³/mol. The normalized spacial score (nSPS) is 18.2.